The Morgan fingerprint density at radius 1 is 1.42 bits per heavy atom. The summed E-state index contributed by atoms with van der Waals surface area (Å²) in [6, 6.07) is 0.0673. The van der Waals surface area contributed by atoms with E-state index in [1.807, 2.05) is 19.1 Å². The van der Waals surface area contributed by atoms with Crippen molar-refractivity contribution in [1.29, 1.82) is 0 Å². The Balaban J connectivity index is 2.10. The molecule has 1 aliphatic carbocycles. The highest BCUT2D eigenvalue weighted by Gasteiger charge is 2.19. The number of amides is 1. The first-order valence-corrected chi connectivity index (χ1v) is 7.21. The Morgan fingerprint density at radius 2 is 2.16 bits per heavy atom. The standard InChI is InChI=1S/C15H27NO3/c1-11(2)8-12(3)19-7-6-15(18)16-14-5-4-13(9-14)10-17/h4-5,11-14,17H,6-10H2,1-3H3,(H,16,18)/t12?,13-,14+/m0/s1. The Kier molecular flexibility index (Phi) is 7.10. The lowest BCUT2D eigenvalue weighted by Gasteiger charge is -2.16. The zero-order valence-electron chi connectivity index (χ0n) is 12.3. The van der Waals surface area contributed by atoms with Crippen molar-refractivity contribution in [2.24, 2.45) is 11.8 Å². The Bertz CT molecular complexity index is 302. The molecule has 0 bridgehead atoms. The van der Waals surface area contributed by atoms with Gasteiger partial charge in [-0.25, -0.2) is 0 Å². The van der Waals surface area contributed by atoms with E-state index in [0.717, 1.165) is 12.8 Å². The molecule has 19 heavy (non-hydrogen) atoms. The molecule has 1 rings (SSSR count). The van der Waals surface area contributed by atoms with Crippen molar-refractivity contribution in [1.82, 2.24) is 5.32 Å². The molecule has 0 aromatic heterocycles. The van der Waals surface area contributed by atoms with Crippen molar-refractivity contribution in [2.75, 3.05) is 13.2 Å². The second-order valence-corrected chi connectivity index (χ2v) is 5.80. The summed E-state index contributed by atoms with van der Waals surface area (Å²) < 4.78 is 5.61. The van der Waals surface area contributed by atoms with Crippen molar-refractivity contribution in [3.63, 3.8) is 0 Å². The molecule has 0 aromatic rings. The lowest BCUT2D eigenvalue weighted by atomic mass is 10.1. The molecule has 0 spiro atoms. The van der Waals surface area contributed by atoms with Crippen molar-refractivity contribution >= 4 is 5.91 Å². The summed E-state index contributed by atoms with van der Waals surface area (Å²) in [7, 11) is 0. The molecule has 0 radical (unpaired) electrons. The third kappa shape index (κ3) is 6.73. The number of aliphatic hydroxyl groups is 1. The van der Waals surface area contributed by atoms with E-state index in [1.54, 1.807) is 0 Å². The number of hydrogen-bond donors (Lipinski definition) is 2. The van der Waals surface area contributed by atoms with Gasteiger partial charge in [-0.05, 0) is 25.7 Å². The molecule has 110 valence electrons. The zero-order valence-corrected chi connectivity index (χ0v) is 12.3. The molecule has 1 amide bonds. The molecule has 0 aliphatic heterocycles. The van der Waals surface area contributed by atoms with Crippen LogP contribution in [-0.4, -0.2) is 36.4 Å². The third-order valence-corrected chi connectivity index (χ3v) is 3.29. The average molecular weight is 269 g/mol. The fourth-order valence-corrected chi connectivity index (χ4v) is 2.38. The van der Waals surface area contributed by atoms with Crippen LogP contribution < -0.4 is 5.32 Å². The predicted octanol–water partition coefficient (Wildman–Crippen LogP) is 1.88. The van der Waals surface area contributed by atoms with E-state index in [4.69, 9.17) is 9.84 Å². The van der Waals surface area contributed by atoms with Gasteiger partial charge in [0.1, 0.15) is 0 Å². The van der Waals surface area contributed by atoms with Crippen molar-refractivity contribution < 1.29 is 14.6 Å². The van der Waals surface area contributed by atoms with Gasteiger partial charge in [0.05, 0.1) is 12.7 Å². The first kappa shape index (κ1) is 16.2. The molecule has 3 atom stereocenters. The molecule has 4 nitrogen and oxygen atoms in total. The van der Waals surface area contributed by atoms with E-state index in [-0.39, 0.29) is 30.6 Å². The van der Waals surface area contributed by atoms with E-state index in [9.17, 15) is 4.79 Å². The fourth-order valence-electron chi connectivity index (χ4n) is 2.38. The first-order valence-electron chi connectivity index (χ1n) is 7.21. The maximum atomic E-state index is 11.7. The van der Waals surface area contributed by atoms with Crippen molar-refractivity contribution in [3.05, 3.63) is 12.2 Å². The third-order valence-electron chi connectivity index (χ3n) is 3.29. The van der Waals surface area contributed by atoms with Crippen LogP contribution in [0.5, 0.6) is 0 Å². The van der Waals surface area contributed by atoms with Crippen LogP contribution in [0, 0.1) is 11.8 Å². The van der Waals surface area contributed by atoms with Crippen LogP contribution in [0.25, 0.3) is 0 Å². The van der Waals surface area contributed by atoms with E-state index in [2.05, 4.69) is 19.2 Å². The minimum Gasteiger partial charge on any atom is -0.396 e. The van der Waals surface area contributed by atoms with Gasteiger partial charge in [-0.3, -0.25) is 4.79 Å². The minimum absolute atomic E-state index is 0.0185. The van der Waals surface area contributed by atoms with Gasteiger partial charge < -0.3 is 15.2 Å². The fraction of sp³-hybridized carbons (Fsp3) is 0.800. The molecule has 0 fully saturated rings. The summed E-state index contributed by atoms with van der Waals surface area (Å²) in [6.07, 6.45) is 6.35. The van der Waals surface area contributed by atoms with Crippen LogP contribution in [-0.2, 0) is 9.53 Å². The quantitative estimate of drug-likeness (QED) is 0.661. The van der Waals surface area contributed by atoms with Crippen LogP contribution in [0.15, 0.2) is 12.2 Å². The molecular formula is C15H27NO3. The number of aliphatic hydroxyl groups excluding tert-OH is 1. The molecule has 1 aliphatic rings. The molecule has 0 saturated carbocycles. The summed E-state index contributed by atoms with van der Waals surface area (Å²) in [5.74, 6) is 0.820. The molecule has 0 aromatic carbocycles. The Labute approximate surface area is 116 Å². The highest BCUT2D eigenvalue weighted by Crippen LogP contribution is 2.17. The van der Waals surface area contributed by atoms with E-state index in [0.29, 0.717) is 18.9 Å². The maximum absolute atomic E-state index is 11.7. The zero-order chi connectivity index (χ0) is 14.3. The molecular weight excluding hydrogens is 242 g/mol. The van der Waals surface area contributed by atoms with Gasteiger partial charge in [0.15, 0.2) is 0 Å². The normalized spacial score (nSPS) is 23.8. The maximum Gasteiger partial charge on any atom is 0.222 e. The highest BCUT2D eigenvalue weighted by molar-refractivity contribution is 5.76. The lowest BCUT2D eigenvalue weighted by Crippen LogP contribution is -2.33. The highest BCUT2D eigenvalue weighted by atomic mass is 16.5. The van der Waals surface area contributed by atoms with E-state index >= 15 is 0 Å². The second kappa shape index (κ2) is 8.33. The van der Waals surface area contributed by atoms with Gasteiger partial charge in [-0.2, -0.15) is 0 Å². The average Bonchev–Trinajstić information content (AvgIpc) is 2.75. The van der Waals surface area contributed by atoms with Gasteiger partial charge in [-0.15, -0.1) is 0 Å². The molecule has 0 saturated heterocycles. The topological polar surface area (TPSA) is 58.6 Å². The number of nitrogens with one attached hydrogen (secondary N) is 1. The largest absolute Gasteiger partial charge is 0.396 e. The van der Waals surface area contributed by atoms with Crippen LogP contribution in [0.2, 0.25) is 0 Å². The van der Waals surface area contributed by atoms with Crippen LogP contribution in [0.3, 0.4) is 0 Å². The molecule has 4 heteroatoms. The number of ether oxygens (including phenoxy) is 1. The second-order valence-electron chi connectivity index (χ2n) is 5.80. The van der Waals surface area contributed by atoms with Gasteiger partial charge in [0.25, 0.3) is 0 Å². The van der Waals surface area contributed by atoms with Gasteiger partial charge in [0.2, 0.25) is 5.91 Å². The monoisotopic (exact) mass is 269 g/mol. The number of carbonyl (C=O) groups is 1. The van der Waals surface area contributed by atoms with Crippen LogP contribution in [0.1, 0.15) is 40.0 Å². The summed E-state index contributed by atoms with van der Waals surface area (Å²) in [4.78, 5) is 11.7. The summed E-state index contributed by atoms with van der Waals surface area (Å²) in [5, 5.41) is 11.9. The minimum atomic E-state index is 0.0185. The van der Waals surface area contributed by atoms with Crippen molar-refractivity contribution in [3.8, 4) is 0 Å². The van der Waals surface area contributed by atoms with Crippen LogP contribution >= 0.6 is 0 Å². The number of hydrogen-bond acceptors (Lipinski definition) is 3. The SMILES string of the molecule is CC(C)CC(C)OCCC(=O)N[C@@H]1C=C[C@H](CO)C1. The van der Waals surface area contributed by atoms with Crippen LogP contribution in [0.4, 0.5) is 0 Å². The van der Waals surface area contributed by atoms with E-state index < -0.39 is 0 Å². The number of rotatable bonds is 8. The number of carbonyl (C=O) groups excluding carboxylic acids is 1. The predicted molar refractivity (Wildman–Crippen MR) is 75.7 cm³/mol. The Morgan fingerprint density at radius 3 is 2.74 bits per heavy atom. The Hall–Kier alpha value is -0.870. The van der Waals surface area contributed by atoms with Gasteiger partial charge in [0, 0.05) is 25.0 Å². The summed E-state index contributed by atoms with van der Waals surface area (Å²) in [5.41, 5.74) is 0. The van der Waals surface area contributed by atoms with Gasteiger partial charge >= 0.3 is 0 Å². The first-order chi connectivity index (χ1) is 9.01. The molecule has 0 heterocycles. The lowest BCUT2D eigenvalue weighted by molar-refractivity contribution is -0.123. The summed E-state index contributed by atoms with van der Waals surface area (Å²) in [6.45, 7) is 6.99. The van der Waals surface area contributed by atoms with Gasteiger partial charge in [-0.1, -0.05) is 26.0 Å². The molecule has 1 unspecified atom stereocenters. The molecule has 2 N–H and O–H groups in total. The van der Waals surface area contributed by atoms with E-state index in [1.165, 1.54) is 0 Å². The smallest absolute Gasteiger partial charge is 0.222 e. The summed E-state index contributed by atoms with van der Waals surface area (Å²) >= 11 is 0. The van der Waals surface area contributed by atoms with Crippen molar-refractivity contribution in [2.45, 2.75) is 52.2 Å².